The number of hydrogen-bond acceptors (Lipinski definition) is 5. The number of hydrogen-bond donors (Lipinski definition) is 1. The number of fused-ring (bicyclic) bond motifs is 2. The van der Waals surface area contributed by atoms with Crippen molar-refractivity contribution in [2.75, 3.05) is 6.54 Å². The van der Waals surface area contributed by atoms with Gasteiger partial charge in [0.25, 0.3) is 5.91 Å². The van der Waals surface area contributed by atoms with E-state index in [4.69, 9.17) is 4.42 Å². The Hall–Kier alpha value is -3.63. The summed E-state index contributed by atoms with van der Waals surface area (Å²) < 4.78 is 46.6. The minimum atomic E-state index is -2.97. The van der Waals surface area contributed by atoms with Gasteiger partial charge >= 0.3 is 6.55 Å². The van der Waals surface area contributed by atoms with Gasteiger partial charge in [0.15, 0.2) is 17.4 Å². The summed E-state index contributed by atoms with van der Waals surface area (Å²) in [6, 6.07) is 4.61. The van der Waals surface area contributed by atoms with Gasteiger partial charge in [-0.2, -0.15) is 18.6 Å². The predicted octanol–water partition coefficient (Wildman–Crippen LogP) is 3.07. The van der Waals surface area contributed by atoms with Crippen LogP contribution in [0.3, 0.4) is 0 Å². The Labute approximate surface area is 161 Å². The first-order valence-electron chi connectivity index (χ1n) is 8.74. The number of nitrogens with one attached hydrogen (secondary N) is 1. The number of para-hydroxylation sites is 1. The lowest BCUT2D eigenvalue weighted by atomic mass is 10.0. The number of halogens is 3. The fourth-order valence-electron chi connectivity index (χ4n) is 3.58. The zero-order valence-corrected chi connectivity index (χ0v) is 14.7. The standard InChI is InChI=1S/C18H13F3N6O2/c19-9-2-1-3-12-13(9)25-16(29-12)15-14-10(22-8-23-14)5-7-26(15)17(28)11-4-6-24-27(11)18(20)21/h1-4,6,8,15,18H,5,7H2,(H,22,23)/t15-/m0/s1. The first-order chi connectivity index (χ1) is 14.0. The Bertz CT molecular complexity index is 1210. The molecule has 4 heterocycles. The van der Waals surface area contributed by atoms with Crippen LogP contribution in [-0.2, 0) is 6.42 Å². The Morgan fingerprint density at radius 2 is 2.17 bits per heavy atom. The second kappa shape index (κ2) is 6.47. The highest BCUT2D eigenvalue weighted by atomic mass is 19.3. The molecule has 3 aromatic heterocycles. The number of imidazole rings is 1. The second-order valence-electron chi connectivity index (χ2n) is 6.49. The molecule has 1 amide bonds. The second-order valence-corrected chi connectivity index (χ2v) is 6.49. The van der Waals surface area contributed by atoms with Gasteiger partial charge < -0.3 is 14.3 Å². The van der Waals surface area contributed by atoms with Gasteiger partial charge in [0, 0.05) is 24.9 Å². The van der Waals surface area contributed by atoms with E-state index in [0.717, 1.165) is 11.9 Å². The third-order valence-electron chi connectivity index (χ3n) is 4.88. The van der Waals surface area contributed by atoms with Crippen LogP contribution in [0.4, 0.5) is 13.2 Å². The van der Waals surface area contributed by atoms with Crippen LogP contribution in [0, 0.1) is 5.82 Å². The molecular formula is C18H13F3N6O2. The monoisotopic (exact) mass is 402 g/mol. The van der Waals surface area contributed by atoms with Crippen LogP contribution >= 0.6 is 0 Å². The molecule has 0 spiro atoms. The van der Waals surface area contributed by atoms with E-state index >= 15 is 0 Å². The number of aromatic nitrogens is 5. The maximum absolute atomic E-state index is 14.1. The fraction of sp³-hybridized carbons (Fsp3) is 0.222. The van der Waals surface area contributed by atoms with Crippen LogP contribution in [0.25, 0.3) is 11.1 Å². The molecule has 8 nitrogen and oxygen atoms in total. The summed E-state index contributed by atoms with van der Waals surface area (Å²) in [5.74, 6) is -1.19. The first kappa shape index (κ1) is 17.5. The van der Waals surface area contributed by atoms with Crippen molar-refractivity contribution in [3.05, 3.63) is 65.6 Å². The summed E-state index contributed by atoms with van der Waals surface area (Å²) >= 11 is 0. The lowest BCUT2D eigenvalue weighted by molar-refractivity contribution is 0.0435. The Morgan fingerprint density at radius 1 is 1.31 bits per heavy atom. The molecule has 0 saturated heterocycles. The first-order valence-corrected chi connectivity index (χ1v) is 8.74. The van der Waals surface area contributed by atoms with Crippen LogP contribution < -0.4 is 0 Å². The number of rotatable bonds is 3. The van der Waals surface area contributed by atoms with Crippen molar-refractivity contribution in [1.29, 1.82) is 0 Å². The Kier molecular flexibility index (Phi) is 3.89. The van der Waals surface area contributed by atoms with Crippen molar-refractivity contribution in [1.82, 2.24) is 29.6 Å². The molecule has 148 valence electrons. The molecule has 0 saturated carbocycles. The molecule has 0 bridgehead atoms. The third kappa shape index (κ3) is 2.69. The maximum Gasteiger partial charge on any atom is 0.333 e. The van der Waals surface area contributed by atoms with Gasteiger partial charge in [-0.25, -0.2) is 14.4 Å². The van der Waals surface area contributed by atoms with Crippen molar-refractivity contribution in [2.24, 2.45) is 0 Å². The highest BCUT2D eigenvalue weighted by molar-refractivity contribution is 5.93. The van der Waals surface area contributed by atoms with E-state index in [1.807, 2.05) is 0 Å². The number of benzene rings is 1. The van der Waals surface area contributed by atoms with E-state index in [1.54, 1.807) is 6.07 Å². The number of alkyl halides is 2. The fourth-order valence-corrected chi connectivity index (χ4v) is 3.58. The van der Waals surface area contributed by atoms with Crippen LogP contribution in [-0.4, -0.2) is 42.1 Å². The minimum Gasteiger partial charge on any atom is -0.438 e. The van der Waals surface area contributed by atoms with Gasteiger partial charge in [0.2, 0.25) is 5.89 Å². The molecule has 0 unspecified atom stereocenters. The van der Waals surface area contributed by atoms with E-state index in [9.17, 15) is 18.0 Å². The largest absolute Gasteiger partial charge is 0.438 e. The number of amides is 1. The van der Waals surface area contributed by atoms with Crippen molar-refractivity contribution in [3.8, 4) is 0 Å². The highest BCUT2D eigenvalue weighted by Crippen LogP contribution is 2.36. The molecule has 0 aliphatic carbocycles. The van der Waals surface area contributed by atoms with E-state index in [0.29, 0.717) is 16.8 Å². The Morgan fingerprint density at radius 3 is 2.97 bits per heavy atom. The molecule has 1 atom stereocenters. The van der Waals surface area contributed by atoms with Gasteiger partial charge in [-0.1, -0.05) is 6.07 Å². The van der Waals surface area contributed by atoms with Gasteiger partial charge in [-0.3, -0.25) is 4.79 Å². The molecule has 29 heavy (non-hydrogen) atoms. The molecule has 0 radical (unpaired) electrons. The maximum atomic E-state index is 14.1. The van der Waals surface area contributed by atoms with Gasteiger partial charge in [-0.05, 0) is 18.2 Å². The van der Waals surface area contributed by atoms with E-state index in [2.05, 4.69) is 20.1 Å². The van der Waals surface area contributed by atoms with Gasteiger partial charge in [0.05, 0.1) is 12.0 Å². The summed E-state index contributed by atoms with van der Waals surface area (Å²) in [4.78, 5) is 26.0. The van der Waals surface area contributed by atoms with Gasteiger partial charge in [-0.15, -0.1) is 0 Å². The number of nitrogens with zero attached hydrogens (tertiary/aromatic N) is 5. The van der Waals surface area contributed by atoms with Crippen LogP contribution in [0.1, 0.15) is 40.4 Å². The minimum absolute atomic E-state index is 0.0233. The summed E-state index contributed by atoms with van der Waals surface area (Å²) in [7, 11) is 0. The lowest BCUT2D eigenvalue weighted by Crippen LogP contribution is -2.41. The molecule has 1 aliphatic rings. The number of carbonyl (C=O) groups excluding carboxylic acids is 1. The predicted molar refractivity (Wildman–Crippen MR) is 92.6 cm³/mol. The van der Waals surface area contributed by atoms with Crippen LogP contribution in [0.5, 0.6) is 0 Å². The number of H-pyrrole nitrogens is 1. The lowest BCUT2D eigenvalue weighted by Gasteiger charge is -2.33. The molecule has 11 heteroatoms. The topological polar surface area (TPSA) is 92.8 Å². The quantitative estimate of drug-likeness (QED) is 0.569. The van der Waals surface area contributed by atoms with Gasteiger partial charge in [0.1, 0.15) is 11.2 Å². The normalized spacial score (nSPS) is 16.6. The van der Waals surface area contributed by atoms with Crippen LogP contribution in [0.2, 0.25) is 0 Å². The van der Waals surface area contributed by atoms with Crippen molar-refractivity contribution in [3.63, 3.8) is 0 Å². The average molecular weight is 402 g/mol. The van der Waals surface area contributed by atoms with E-state index in [-0.39, 0.29) is 29.2 Å². The van der Waals surface area contributed by atoms with Crippen molar-refractivity contribution >= 4 is 17.0 Å². The summed E-state index contributed by atoms with van der Waals surface area (Å²) in [6.07, 6.45) is 3.04. The Balaban J connectivity index is 1.63. The molecule has 1 N–H and O–H groups in total. The van der Waals surface area contributed by atoms with E-state index < -0.39 is 24.3 Å². The smallest absolute Gasteiger partial charge is 0.333 e. The molecule has 4 aromatic rings. The summed E-state index contributed by atoms with van der Waals surface area (Å²) in [5, 5.41) is 3.52. The third-order valence-corrected chi connectivity index (χ3v) is 4.88. The molecule has 1 aromatic carbocycles. The summed E-state index contributed by atoms with van der Waals surface area (Å²) in [5.41, 5.74) is 1.21. The zero-order chi connectivity index (χ0) is 20.1. The van der Waals surface area contributed by atoms with Crippen LogP contribution in [0.15, 0.2) is 41.2 Å². The summed E-state index contributed by atoms with van der Waals surface area (Å²) in [6.45, 7) is -2.76. The number of oxazole rings is 1. The molecule has 1 aliphatic heterocycles. The number of aromatic amines is 1. The zero-order valence-electron chi connectivity index (χ0n) is 14.7. The van der Waals surface area contributed by atoms with Crippen molar-refractivity contribution in [2.45, 2.75) is 19.0 Å². The molecular weight excluding hydrogens is 389 g/mol. The molecule has 5 rings (SSSR count). The number of carbonyl (C=O) groups is 1. The SMILES string of the molecule is O=C(c1ccnn1C(F)F)N1CCc2[nH]cnc2[C@H]1c1nc2c(F)cccc2o1. The van der Waals surface area contributed by atoms with Crippen molar-refractivity contribution < 1.29 is 22.4 Å². The highest BCUT2D eigenvalue weighted by Gasteiger charge is 2.39. The molecule has 0 fully saturated rings. The average Bonchev–Trinajstić information content (AvgIpc) is 3.44. The van der Waals surface area contributed by atoms with E-state index in [1.165, 1.54) is 29.4 Å².